The van der Waals surface area contributed by atoms with E-state index in [1.54, 1.807) is 0 Å². The molecule has 0 saturated carbocycles. The fourth-order valence-corrected chi connectivity index (χ4v) is 0. The van der Waals surface area contributed by atoms with E-state index in [1.165, 1.54) is 0 Å². The Morgan fingerprint density at radius 3 is 0.600 bits per heavy atom. The van der Waals surface area contributed by atoms with Crippen LogP contribution in [0.2, 0.25) is 0 Å². The van der Waals surface area contributed by atoms with Crippen molar-refractivity contribution in [3.05, 3.63) is 0 Å². The van der Waals surface area contributed by atoms with Crippen LogP contribution in [0.25, 0.3) is 0 Å². The molecule has 0 N–H and O–H groups in total. The molecule has 0 heterocycles. The second-order valence-electron chi connectivity index (χ2n) is 0. The Hall–Kier alpha value is 2.92. The van der Waals surface area contributed by atoms with Crippen LogP contribution in [-0.2, 0) is 0 Å². The Bertz CT molecular complexity index is 7.61. The van der Waals surface area contributed by atoms with Crippen molar-refractivity contribution in [1.29, 1.82) is 0 Å². The molecule has 5 heavy (non-hydrogen) atoms. The SMILES string of the molecule is [AlH3].[AsH3].[AsH3].[GaH3].[GaH3]. The van der Waals surface area contributed by atoms with Crippen LogP contribution in [0.4, 0.5) is 0 Å². The molecule has 0 aliphatic heterocycles. The van der Waals surface area contributed by atoms with Crippen molar-refractivity contribution in [3.8, 4) is 0 Å². The van der Waals surface area contributed by atoms with Crippen molar-refractivity contribution in [1.82, 2.24) is 0 Å². The van der Waals surface area contributed by atoms with Crippen LogP contribution in [0.5, 0.6) is 0 Å². The predicted octanol–water partition coefficient (Wildman–Crippen LogP) is -5.92. The van der Waals surface area contributed by atoms with Crippen LogP contribution in [0.1, 0.15) is 0 Å². The van der Waals surface area contributed by atoms with E-state index in [0.29, 0.717) is 0 Å². The van der Waals surface area contributed by atoms with Crippen LogP contribution in [0, 0.1) is 0 Å². The Morgan fingerprint density at radius 2 is 0.600 bits per heavy atom. The van der Waals surface area contributed by atoms with E-state index in [1.807, 2.05) is 0 Å². The third kappa shape index (κ3) is 19.6. The zero-order valence-corrected chi connectivity index (χ0v) is 7.35. The molecule has 0 bridgehead atoms. The molecule has 34 valence electrons. The molecule has 0 rings (SSSR count). The third-order valence-electron chi connectivity index (χ3n) is 0. The first-order valence-corrected chi connectivity index (χ1v) is 0. The van der Waals surface area contributed by atoms with Gasteiger partial charge in [-0.2, -0.15) is 0 Å². The topological polar surface area (TPSA) is 0 Å². The van der Waals surface area contributed by atoms with Gasteiger partial charge in [-0.3, -0.25) is 0 Å². The van der Waals surface area contributed by atoms with Crippen LogP contribution in [-0.4, -0.2) is 92.8 Å². The van der Waals surface area contributed by atoms with Gasteiger partial charge in [0.1, 0.15) is 0 Å². The summed E-state index contributed by atoms with van der Waals surface area (Å²) in [4.78, 5) is 0. The van der Waals surface area contributed by atoms with Gasteiger partial charge in [-0.05, 0) is 0 Å². The molecule has 0 aromatic rings. The normalized spacial score (nSPS) is 0. The summed E-state index contributed by atoms with van der Waals surface area (Å²) < 4.78 is 0. The van der Waals surface area contributed by atoms with E-state index in [4.69, 9.17) is 0 Å². The van der Waals surface area contributed by atoms with Gasteiger partial charge in [0, 0.05) is 0 Å². The molecule has 5 heteroatoms. The van der Waals surface area contributed by atoms with Crippen LogP contribution in [0.3, 0.4) is 0 Å². The van der Waals surface area contributed by atoms with E-state index in [2.05, 4.69) is 0 Å². The Morgan fingerprint density at radius 1 is 0.600 bits per heavy atom. The molecule has 2 atom stereocenters. The monoisotopic (exact) mass is 330 g/mol. The van der Waals surface area contributed by atoms with Crippen molar-refractivity contribution < 1.29 is 0 Å². The maximum absolute atomic E-state index is 0. The summed E-state index contributed by atoms with van der Waals surface area (Å²) in [5.41, 5.74) is 0. The molecular formula is H15AlAs2Ga2. The minimum atomic E-state index is 0. The quantitative estimate of drug-likeness (QED) is 0.388. The number of rotatable bonds is 0. The average Bonchev–Trinajstić information content (AvgIpc) is 0. The van der Waals surface area contributed by atoms with Gasteiger partial charge in [0.05, 0.1) is 0 Å². The fourth-order valence-electron chi connectivity index (χ4n) is 0. The predicted molar refractivity (Wildman–Crippen MR) is 49.7 cm³/mol. The van der Waals surface area contributed by atoms with Gasteiger partial charge in [0.2, 0.25) is 0 Å². The van der Waals surface area contributed by atoms with E-state index in [0.717, 1.165) is 0 Å². The van der Waals surface area contributed by atoms with Crippen LogP contribution in [0.15, 0.2) is 0 Å². The molecule has 0 amide bonds. The molecule has 0 radical (unpaired) electrons. The van der Waals surface area contributed by atoms with Gasteiger partial charge in [-0.25, -0.2) is 0 Å². The summed E-state index contributed by atoms with van der Waals surface area (Å²) in [7, 11) is 0. The summed E-state index contributed by atoms with van der Waals surface area (Å²) in [6, 6.07) is 0. The summed E-state index contributed by atoms with van der Waals surface area (Å²) in [5, 5.41) is 0. The molecule has 0 aliphatic carbocycles. The zero-order chi connectivity index (χ0) is 0. The third-order valence-corrected chi connectivity index (χ3v) is 0. The molecule has 0 spiro atoms. The fraction of sp³-hybridized carbons (Fsp3) is 0. The second-order valence-corrected chi connectivity index (χ2v) is 0. The van der Waals surface area contributed by atoms with E-state index < -0.39 is 0 Å². The summed E-state index contributed by atoms with van der Waals surface area (Å²) in [6.07, 6.45) is 0. The van der Waals surface area contributed by atoms with Crippen LogP contribution < -0.4 is 0 Å². The summed E-state index contributed by atoms with van der Waals surface area (Å²) >= 11 is 0. The first-order valence-electron chi connectivity index (χ1n) is 0. The Balaban J connectivity index is 0. The number of hydrogen-bond donors (Lipinski definition) is 0. The summed E-state index contributed by atoms with van der Waals surface area (Å²) in [6.45, 7) is 0. The average molecular weight is 331 g/mol. The van der Waals surface area contributed by atoms with Crippen molar-refractivity contribution >= 4 is 92.8 Å². The van der Waals surface area contributed by atoms with Crippen molar-refractivity contribution in [2.45, 2.75) is 0 Å². The Kier molecular flexibility index (Phi) is 253. The molecule has 0 aromatic carbocycles. The van der Waals surface area contributed by atoms with Gasteiger partial charge < -0.3 is 0 Å². The first kappa shape index (κ1) is 44.5. The van der Waals surface area contributed by atoms with E-state index in [-0.39, 0.29) is 92.8 Å². The van der Waals surface area contributed by atoms with Crippen LogP contribution >= 0.6 is 0 Å². The van der Waals surface area contributed by atoms with Crippen molar-refractivity contribution in [2.24, 2.45) is 0 Å². The van der Waals surface area contributed by atoms with Gasteiger partial charge in [0.15, 0.2) is 17.4 Å². The first-order chi connectivity index (χ1) is 0. The van der Waals surface area contributed by atoms with Gasteiger partial charge >= 0.3 is 75.5 Å². The molecule has 0 saturated heterocycles. The molecule has 0 nitrogen and oxygen atoms in total. The van der Waals surface area contributed by atoms with E-state index >= 15 is 0 Å². The van der Waals surface area contributed by atoms with Crippen molar-refractivity contribution in [2.75, 3.05) is 0 Å². The molecule has 0 fully saturated rings. The molecule has 2 unspecified atom stereocenters. The maximum atomic E-state index is 0. The second kappa shape index (κ2) is 28.4. The van der Waals surface area contributed by atoms with Gasteiger partial charge in [0.25, 0.3) is 0 Å². The zero-order valence-electron chi connectivity index (χ0n) is 1.41. The standard InChI is InChI=1S/Al.2AsH3.2Ga.9H/h;2*1H3;;;;;;;;;;;. The molecule has 0 aliphatic rings. The number of hydrogen-bond acceptors (Lipinski definition) is 0. The molecule has 0 aromatic heterocycles. The van der Waals surface area contributed by atoms with E-state index in [9.17, 15) is 0 Å². The van der Waals surface area contributed by atoms with Gasteiger partial charge in [-0.15, -0.1) is 0 Å². The van der Waals surface area contributed by atoms with Crippen molar-refractivity contribution in [3.63, 3.8) is 0 Å². The minimum absolute atomic E-state index is 0. The summed E-state index contributed by atoms with van der Waals surface area (Å²) in [5.74, 6) is 0. The van der Waals surface area contributed by atoms with Gasteiger partial charge in [-0.1, -0.05) is 0 Å². The Labute approximate surface area is 91.5 Å². The molecular weight excluding hydrogens is 316 g/mol.